The quantitative estimate of drug-likeness (QED) is 0.573. The van der Waals surface area contributed by atoms with E-state index >= 15 is 0 Å². The van der Waals surface area contributed by atoms with Crippen molar-refractivity contribution in [3.8, 4) is 22.8 Å². The van der Waals surface area contributed by atoms with E-state index in [-0.39, 0.29) is 0 Å². The predicted octanol–water partition coefficient (Wildman–Crippen LogP) is 3.39. The van der Waals surface area contributed by atoms with Gasteiger partial charge in [0.05, 0.1) is 23.8 Å². The van der Waals surface area contributed by atoms with Crippen LogP contribution in [0.3, 0.4) is 0 Å². The second kappa shape index (κ2) is 7.39. The second-order valence-electron chi connectivity index (χ2n) is 6.15. The maximum Gasteiger partial charge on any atom is 0.160 e. The van der Waals surface area contributed by atoms with Crippen molar-refractivity contribution in [1.29, 1.82) is 0 Å². The van der Waals surface area contributed by atoms with E-state index in [1.165, 1.54) is 11.1 Å². The smallest absolute Gasteiger partial charge is 0.160 e. The molecular formula is C19H19BrN6. The molecular weight excluding hydrogens is 392 g/mol. The zero-order chi connectivity index (χ0) is 17.9. The summed E-state index contributed by atoms with van der Waals surface area (Å²) in [6, 6.07) is 8.31. The first-order valence-electron chi connectivity index (χ1n) is 8.48. The summed E-state index contributed by atoms with van der Waals surface area (Å²) in [5.74, 6) is 1.00. The average Bonchev–Trinajstić information content (AvgIpc) is 3.19. The molecule has 3 aromatic rings. The van der Waals surface area contributed by atoms with Gasteiger partial charge in [0.25, 0.3) is 0 Å². The fourth-order valence-corrected chi connectivity index (χ4v) is 3.32. The van der Waals surface area contributed by atoms with E-state index in [2.05, 4.69) is 66.5 Å². The molecule has 0 fully saturated rings. The SMILES string of the molecule is Nc1ncc(C2=CCNCC2)nc1-c1ncc(-c2ccc(CBr)cc2)[nH]1. The summed E-state index contributed by atoms with van der Waals surface area (Å²) in [5, 5.41) is 4.14. The third-order valence-corrected chi connectivity index (χ3v) is 5.06. The first-order chi connectivity index (χ1) is 12.7. The third kappa shape index (κ3) is 3.40. The molecule has 1 aliphatic rings. The van der Waals surface area contributed by atoms with Gasteiger partial charge in [-0.25, -0.2) is 15.0 Å². The van der Waals surface area contributed by atoms with Gasteiger partial charge in [-0.15, -0.1) is 0 Å². The Hall–Kier alpha value is -2.51. The van der Waals surface area contributed by atoms with E-state index in [9.17, 15) is 0 Å². The molecule has 0 saturated heterocycles. The van der Waals surface area contributed by atoms with Crippen molar-refractivity contribution in [2.45, 2.75) is 11.8 Å². The lowest BCUT2D eigenvalue weighted by molar-refractivity contribution is 0.736. The summed E-state index contributed by atoms with van der Waals surface area (Å²) >= 11 is 3.46. The number of alkyl halides is 1. The Morgan fingerprint density at radius 1 is 1.12 bits per heavy atom. The minimum Gasteiger partial charge on any atom is -0.382 e. The van der Waals surface area contributed by atoms with Crippen LogP contribution < -0.4 is 11.1 Å². The van der Waals surface area contributed by atoms with Crippen molar-refractivity contribution in [2.75, 3.05) is 18.8 Å². The highest BCUT2D eigenvalue weighted by molar-refractivity contribution is 9.08. The summed E-state index contributed by atoms with van der Waals surface area (Å²) in [5.41, 5.74) is 11.9. The maximum absolute atomic E-state index is 6.07. The topological polar surface area (TPSA) is 92.5 Å². The monoisotopic (exact) mass is 410 g/mol. The molecule has 6 nitrogen and oxygen atoms in total. The van der Waals surface area contributed by atoms with Crippen LogP contribution in [0.15, 0.2) is 42.7 Å². The summed E-state index contributed by atoms with van der Waals surface area (Å²) < 4.78 is 0. The summed E-state index contributed by atoms with van der Waals surface area (Å²) in [6.07, 6.45) is 6.61. The molecule has 0 radical (unpaired) electrons. The number of imidazole rings is 1. The van der Waals surface area contributed by atoms with Crippen LogP contribution in [0.4, 0.5) is 5.82 Å². The Morgan fingerprint density at radius 2 is 1.96 bits per heavy atom. The molecule has 3 heterocycles. The molecule has 4 N–H and O–H groups in total. The van der Waals surface area contributed by atoms with Gasteiger partial charge in [0.15, 0.2) is 11.6 Å². The average molecular weight is 411 g/mol. The summed E-state index contributed by atoms with van der Waals surface area (Å²) in [6.45, 7) is 1.80. The van der Waals surface area contributed by atoms with E-state index in [4.69, 9.17) is 10.7 Å². The highest BCUT2D eigenvalue weighted by atomic mass is 79.9. The van der Waals surface area contributed by atoms with Crippen molar-refractivity contribution in [1.82, 2.24) is 25.3 Å². The Bertz CT molecular complexity index is 945. The number of benzene rings is 1. The van der Waals surface area contributed by atoms with E-state index < -0.39 is 0 Å². The fourth-order valence-electron chi connectivity index (χ4n) is 2.94. The number of nitrogens with one attached hydrogen (secondary N) is 2. The molecule has 4 rings (SSSR count). The van der Waals surface area contributed by atoms with Gasteiger partial charge in [-0.3, -0.25) is 0 Å². The van der Waals surface area contributed by atoms with E-state index in [0.29, 0.717) is 17.3 Å². The summed E-state index contributed by atoms with van der Waals surface area (Å²) in [4.78, 5) is 16.8. The normalized spacial score (nSPS) is 14.3. The maximum atomic E-state index is 6.07. The highest BCUT2D eigenvalue weighted by Gasteiger charge is 2.15. The van der Waals surface area contributed by atoms with Crippen molar-refractivity contribution < 1.29 is 0 Å². The lowest BCUT2D eigenvalue weighted by atomic mass is 10.1. The van der Waals surface area contributed by atoms with Crippen LogP contribution >= 0.6 is 15.9 Å². The van der Waals surface area contributed by atoms with Gasteiger partial charge in [0.1, 0.15) is 5.69 Å². The van der Waals surface area contributed by atoms with Crippen LogP contribution in [-0.2, 0) is 5.33 Å². The number of halogens is 1. The molecule has 0 unspecified atom stereocenters. The zero-order valence-electron chi connectivity index (χ0n) is 14.2. The van der Waals surface area contributed by atoms with Gasteiger partial charge in [0, 0.05) is 11.9 Å². The van der Waals surface area contributed by atoms with Gasteiger partial charge in [-0.05, 0) is 29.7 Å². The number of anilines is 1. The Balaban J connectivity index is 1.67. The van der Waals surface area contributed by atoms with Gasteiger partial charge < -0.3 is 16.0 Å². The first kappa shape index (κ1) is 16.9. The zero-order valence-corrected chi connectivity index (χ0v) is 15.8. The molecule has 0 atom stereocenters. The molecule has 0 saturated carbocycles. The van der Waals surface area contributed by atoms with Crippen LogP contribution in [0.5, 0.6) is 0 Å². The van der Waals surface area contributed by atoms with Gasteiger partial charge in [-0.2, -0.15) is 0 Å². The minimum atomic E-state index is 0.374. The van der Waals surface area contributed by atoms with Gasteiger partial charge in [0.2, 0.25) is 0 Å². The molecule has 1 aliphatic heterocycles. The van der Waals surface area contributed by atoms with E-state index in [1.54, 1.807) is 12.4 Å². The van der Waals surface area contributed by atoms with Crippen molar-refractivity contribution in [3.63, 3.8) is 0 Å². The number of aromatic amines is 1. The minimum absolute atomic E-state index is 0.374. The van der Waals surface area contributed by atoms with Crippen LogP contribution in [0, 0.1) is 0 Å². The van der Waals surface area contributed by atoms with Crippen molar-refractivity contribution in [3.05, 3.63) is 54.0 Å². The molecule has 2 aromatic heterocycles. The fraction of sp³-hybridized carbons (Fsp3) is 0.211. The van der Waals surface area contributed by atoms with Gasteiger partial charge in [-0.1, -0.05) is 46.3 Å². The second-order valence-corrected chi connectivity index (χ2v) is 6.71. The number of H-pyrrole nitrogens is 1. The number of nitrogens with two attached hydrogens (primary N) is 1. The Kier molecular flexibility index (Phi) is 4.81. The lowest BCUT2D eigenvalue weighted by Gasteiger charge is -2.14. The van der Waals surface area contributed by atoms with Crippen LogP contribution in [0.2, 0.25) is 0 Å². The molecule has 0 aliphatic carbocycles. The van der Waals surface area contributed by atoms with E-state index in [1.807, 2.05) is 0 Å². The molecule has 26 heavy (non-hydrogen) atoms. The summed E-state index contributed by atoms with van der Waals surface area (Å²) in [7, 11) is 0. The van der Waals surface area contributed by atoms with E-state index in [0.717, 1.165) is 41.8 Å². The largest absolute Gasteiger partial charge is 0.382 e. The molecule has 132 valence electrons. The third-order valence-electron chi connectivity index (χ3n) is 4.41. The van der Waals surface area contributed by atoms with Crippen LogP contribution in [0.25, 0.3) is 28.3 Å². The Labute approximate surface area is 160 Å². The van der Waals surface area contributed by atoms with Crippen LogP contribution in [-0.4, -0.2) is 33.0 Å². The molecule has 0 spiro atoms. The van der Waals surface area contributed by atoms with Crippen molar-refractivity contribution in [2.24, 2.45) is 0 Å². The van der Waals surface area contributed by atoms with Crippen molar-refractivity contribution >= 4 is 27.3 Å². The molecule has 1 aromatic carbocycles. The number of hydrogen-bond acceptors (Lipinski definition) is 5. The standard InChI is InChI=1S/C19H19BrN6/c20-9-12-1-3-13(4-2-12)16-11-24-19(26-16)17-18(21)23-10-15(25-17)14-5-7-22-8-6-14/h1-5,10-11,22H,6-9H2,(H2,21,23)(H,24,26). The molecule has 0 bridgehead atoms. The van der Waals surface area contributed by atoms with Crippen LogP contribution in [0.1, 0.15) is 17.7 Å². The Morgan fingerprint density at radius 3 is 2.69 bits per heavy atom. The molecule has 7 heteroatoms. The highest BCUT2D eigenvalue weighted by Crippen LogP contribution is 2.26. The number of hydrogen-bond donors (Lipinski definition) is 3. The number of aromatic nitrogens is 4. The first-order valence-corrected chi connectivity index (χ1v) is 9.60. The number of nitrogen functional groups attached to an aromatic ring is 1. The number of rotatable bonds is 4. The number of nitrogens with zero attached hydrogens (tertiary/aromatic N) is 3. The lowest BCUT2D eigenvalue weighted by Crippen LogP contribution is -2.20. The predicted molar refractivity (Wildman–Crippen MR) is 108 cm³/mol. The molecule has 0 amide bonds. The van der Waals surface area contributed by atoms with Gasteiger partial charge >= 0.3 is 0 Å².